The van der Waals surface area contributed by atoms with E-state index in [1.54, 1.807) is 49.4 Å². The normalized spacial score (nSPS) is 10.1. The maximum absolute atomic E-state index is 11.1. The van der Waals surface area contributed by atoms with E-state index in [2.05, 4.69) is 0 Å². The van der Waals surface area contributed by atoms with Gasteiger partial charge in [-0.1, -0.05) is 18.2 Å². The van der Waals surface area contributed by atoms with Crippen LogP contribution >= 0.6 is 0 Å². The second kappa shape index (κ2) is 6.09. The number of para-hydroxylation sites is 1. The van der Waals surface area contributed by atoms with Crippen LogP contribution in [0, 0.1) is 6.92 Å². The molecule has 0 radical (unpaired) electrons. The molecule has 2 aromatic carbocycles. The van der Waals surface area contributed by atoms with Crippen molar-refractivity contribution in [1.29, 1.82) is 0 Å². The van der Waals surface area contributed by atoms with Crippen LogP contribution in [-0.4, -0.2) is 17.0 Å². The lowest BCUT2D eigenvalue weighted by atomic mass is 10.1. The standard InChI is InChI=1S/C16H15NO4/c1-10-8-12(16(17)20)6-7-13(10)21-14-5-3-2-4-11(14)9-15(18)19/h2-8H,9H2,1H3,(H2,17,20)(H,18,19). The Morgan fingerprint density at radius 2 is 1.86 bits per heavy atom. The summed E-state index contributed by atoms with van der Waals surface area (Å²) in [5, 5.41) is 8.90. The Labute approximate surface area is 122 Å². The predicted octanol–water partition coefficient (Wildman–Crippen LogP) is 2.51. The monoisotopic (exact) mass is 285 g/mol. The Balaban J connectivity index is 2.30. The Bertz CT molecular complexity index is 694. The summed E-state index contributed by atoms with van der Waals surface area (Å²) in [6.07, 6.45) is -0.116. The van der Waals surface area contributed by atoms with Crippen LogP contribution in [0.25, 0.3) is 0 Å². The molecule has 0 spiro atoms. The molecular formula is C16H15NO4. The zero-order valence-electron chi connectivity index (χ0n) is 11.5. The van der Waals surface area contributed by atoms with Crippen LogP contribution in [0.1, 0.15) is 21.5 Å². The molecule has 1 amide bonds. The lowest BCUT2D eigenvalue weighted by molar-refractivity contribution is -0.136. The number of carboxylic acid groups (broad SMARTS) is 1. The van der Waals surface area contributed by atoms with Gasteiger partial charge < -0.3 is 15.6 Å². The lowest BCUT2D eigenvalue weighted by Gasteiger charge is -2.12. The lowest BCUT2D eigenvalue weighted by Crippen LogP contribution is -2.11. The highest BCUT2D eigenvalue weighted by atomic mass is 16.5. The number of aryl methyl sites for hydroxylation is 1. The molecule has 108 valence electrons. The van der Waals surface area contributed by atoms with Gasteiger partial charge in [0.2, 0.25) is 5.91 Å². The van der Waals surface area contributed by atoms with Crippen molar-refractivity contribution in [2.45, 2.75) is 13.3 Å². The van der Waals surface area contributed by atoms with Crippen LogP contribution in [0.2, 0.25) is 0 Å². The highest BCUT2D eigenvalue weighted by Gasteiger charge is 2.10. The zero-order chi connectivity index (χ0) is 15.4. The van der Waals surface area contributed by atoms with Crippen molar-refractivity contribution in [2.24, 2.45) is 5.73 Å². The quantitative estimate of drug-likeness (QED) is 0.883. The summed E-state index contributed by atoms with van der Waals surface area (Å²) in [5.74, 6) is -0.393. The first-order valence-electron chi connectivity index (χ1n) is 6.35. The van der Waals surface area contributed by atoms with E-state index in [0.717, 1.165) is 5.56 Å². The molecule has 0 atom stereocenters. The molecule has 0 bridgehead atoms. The number of hydrogen-bond donors (Lipinski definition) is 2. The van der Waals surface area contributed by atoms with Crippen LogP contribution in [-0.2, 0) is 11.2 Å². The molecule has 2 rings (SSSR count). The second-order valence-corrected chi connectivity index (χ2v) is 4.62. The molecule has 0 fully saturated rings. The summed E-state index contributed by atoms with van der Waals surface area (Å²) in [7, 11) is 0. The van der Waals surface area contributed by atoms with E-state index in [4.69, 9.17) is 15.6 Å². The summed E-state index contributed by atoms with van der Waals surface area (Å²) in [6, 6.07) is 11.8. The first-order valence-corrected chi connectivity index (χ1v) is 6.35. The molecule has 0 saturated heterocycles. The third kappa shape index (κ3) is 3.60. The van der Waals surface area contributed by atoms with E-state index in [-0.39, 0.29) is 6.42 Å². The first kappa shape index (κ1) is 14.6. The molecule has 5 heteroatoms. The zero-order valence-corrected chi connectivity index (χ0v) is 11.5. The maximum Gasteiger partial charge on any atom is 0.307 e. The van der Waals surface area contributed by atoms with Crippen LogP contribution < -0.4 is 10.5 Å². The molecule has 0 heterocycles. The van der Waals surface area contributed by atoms with Crippen molar-refractivity contribution in [2.75, 3.05) is 0 Å². The summed E-state index contributed by atoms with van der Waals surface area (Å²) >= 11 is 0. The molecule has 0 unspecified atom stereocenters. The van der Waals surface area contributed by atoms with Gasteiger partial charge in [-0.15, -0.1) is 0 Å². The Kier molecular flexibility index (Phi) is 4.23. The van der Waals surface area contributed by atoms with Gasteiger partial charge in [-0.3, -0.25) is 9.59 Å². The molecule has 3 N–H and O–H groups in total. The third-order valence-electron chi connectivity index (χ3n) is 2.99. The summed E-state index contributed by atoms with van der Waals surface area (Å²) in [5.41, 5.74) is 6.95. The van der Waals surface area contributed by atoms with Crippen molar-refractivity contribution >= 4 is 11.9 Å². The van der Waals surface area contributed by atoms with Crippen molar-refractivity contribution in [1.82, 2.24) is 0 Å². The number of aliphatic carboxylic acids is 1. The largest absolute Gasteiger partial charge is 0.481 e. The average molecular weight is 285 g/mol. The van der Waals surface area contributed by atoms with Crippen molar-refractivity contribution in [3.8, 4) is 11.5 Å². The summed E-state index contributed by atoms with van der Waals surface area (Å²) < 4.78 is 5.76. The van der Waals surface area contributed by atoms with Gasteiger partial charge >= 0.3 is 5.97 Å². The molecule has 5 nitrogen and oxygen atoms in total. The van der Waals surface area contributed by atoms with Crippen LogP contribution in [0.4, 0.5) is 0 Å². The first-order chi connectivity index (χ1) is 9.97. The van der Waals surface area contributed by atoms with Crippen molar-refractivity contribution in [3.05, 3.63) is 59.2 Å². The second-order valence-electron chi connectivity index (χ2n) is 4.62. The van der Waals surface area contributed by atoms with Gasteiger partial charge in [-0.05, 0) is 36.8 Å². The van der Waals surface area contributed by atoms with Crippen LogP contribution in [0.15, 0.2) is 42.5 Å². The van der Waals surface area contributed by atoms with Gasteiger partial charge in [-0.25, -0.2) is 0 Å². The number of primary amides is 1. The Morgan fingerprint density at radius 3 is 2.48 bits per heavy atom. The van der Waals surface area contributed by atoms with Crippen LogP contribution in [0.3, 0.4) is 0 Å². The fourth-order valence-electron chi connectivity index (χ4n) is 1.95. The molecule has 0 aromatic heterocycles. The topological polar surface area (TPSA) is 89.6 Å². The van der Waals surface area contributed by atoms with Crippen molar-refractivity contribution < 1.29 is 19.4 Å². The Morgan fingerprint density at radius 1 is 1.14 bits per heavy atom. The van der Waals surface area contributed by atoms with Crippen LogP contribution in [0.5, 0.6) is 11.5 Å². The molecule has 2 aromatic rings. The Hall–Kier alpha value is -2.82. The van der Waals surface area contributed by atoms with Gasteiger partial charge in [0.1, 0.15) is 11.5 Å². The van der Waals surface area contributed by atoms with Crippen molar-refractivity contribution in [3.63, 3.8) is 0 Å². The van der Waals surface area contributed by atoms with E-state index in [9.17, 15) is 9.59 Å². The van der Waals surface area contributed by atoms with Gasteiger partial charge in [0.25, 0.3) is 0 Å². The molecule has 0 aliphatic carbocycles. The minimum Gasteiger partial charge on any atom is -0.481 e. The number of rotatable bonds is 5. The van der Waals surface area contributed by atoms with Gasteiger partial charge in [0.05, 0.1) is 6.42 Å². The molecule has 0 saturated carbocycles. The van der Waals surface area contributed by atoms with E-state index >= 15 is 0 Å². The number of benzene rings is 2. The molecule has 21 heavy (non-hydrogen) atoms. The van der Waals surface area contributed by atoms with E-state index in [0.29, 0.717) is 22.6 Å². The number of amides is 1. The number of carboxylic acids is 1. The fraction of sp³-hybridized carbons (Fsp3) is 0.125. The van der Waals surface area contributed by atoms with E-state index < -0.39 is 11.9 Å². The van der Waals surface area contributed by atoms with Gasteiger partial charge in [0.15, 0.2) is 0 Å². The number of carbonyl (C=O) groups excluding carboxylic acids is 1. The fourth-order valence-corrected chi connectivity index (χ4v) is 1.95. The summed E-state index contributed by atoms with van der Waals surface area (Å²) in [6.45, 7) is 1.79. The predicted molar refractivity (Wildman–Crippen MR) is 77.6 cm³/mol. The van der Waals surface area contributed by atoms with Gasteiger partial charge in [0, 0.05) is 11.1 Å². The number of ether oxygens (including phenoxy) is 1. The maximum atomic E-state index is 11.1. The van der Waals surface area contributed by atoms with E-state index in [1.807, 2.05) is 0 Å². The number of nitrogens with two attached hydrogens (primary N) is 1. The molecule has 0 aliphatic heterocycles. The SMILES string of the molecule is Cc1cc(C(N)=O)ccc1Oc1ccccc1CC(=O)O. The number of hydrogen-bond acceptors (Lipinski definition) is 3. The highest BCUT2D eigenvalue weighted by Crippen LogP contribution is 2.28. The van der Waals surface area contributed by atoms with E-state index in [1.165, 1.54) is 0 Å². The third-order valence-corrected chi connectivity index (χ3v) is 2.99. The smallest absolute Gasteiger partial charge is 0.307 e. The van der Waals surface area contributed by atoms with Gasteiger partial charge in [-0.2, -0.15) is 0 Å². The average Bonchev–Trinajstić information content (AvgIpc) is 2.42. The highest BCUT2D eigenvalue weighted by molar-refractivity contribution is 5.93. The molecular weight excluding hydrogens is 270 g/mol. The number of carbonyl (C=O) groups is 2. The molecule has 0 aliphatic rings. The minimum atomic E-state index is -0.924. The summed E-state index contributed by atoms with van der Waals surface area (Å²) in [4.78, 5) is 22.0. The minimum absolute atomic E-state index is 0.116.